The number of unbranched alkanes of at least 4 members (excludes halogenated alkanes) is 2. The van der Waals surface area contributed by atoms with Crippen molar-refractivity contribution in [1.29, 1.82) is 0 Å². The SMILES string of the molecule is CC(C)(C)COC(=O)CCCCCN. The fraction of sp³-hybridized carbons (Fsp3) is 0.909. The molecule has 0 amide bonds. The lowest BCUT2D eigenvalue weighted by Gasteiger charge is -2.17. The summed E-state index contributed by atoms with van der Waals surface area (Å²) in [5.41, 5.74) is 5.41. The molecule has 0 heterocycles. The molecule has 0 bridgehead atoms. The predicted octanol–water partition coefficient (Wildman–Crippen LogP) is 2.09. The number of carbonyl (C=O) groups excluding carboxylic acids is 1. The quantitative estimate of drug-likeness (QED) is 0.529. The zero-order valence-electron chi connectivity index (χ0n) is 9.64. The van der Waals surface area contributed by atoms with Gasteiger partial charge in [-0.3, -0.25) is 4.79 Å². The molecule has 3 heteroatoms. The van der Waals surface area contributed by atoms with E-state index >= 15 is 0 Å². The molecule has 0 atom stereocenters. The first-order valence-corrected chi connectivity index (χ1v) is 5.31. The van der Waals surface area contributed by atoms with Crippen molar-refractivity contribution < 1.29 is 9.53 Å². The Hall–Kier alpha value is -0.570. The van der Waals surface area contributed by atoms with Crippen molar-refractivity contribution in [2.75, 3.05) is 13.2 Å². The van der Waals surface area contributed by atoms with Gasteiger partial charge < -0.3 is 10.5 Å². The van der Waals surface area contributed by atoms with Crippen LogP contribution in [0.15, 0.2) is 0 Å². The van der Waals surface area contributed by atoms with Crippen LogP contribution in [0.5, 0.6) is 0 Å². The summed E-state index contributed by atoms with van der Waals surface area (Å²) in [6.07, 6.45) is 3.42. The van der Waals surface area contributed by atoms with E-state index in [1.807, 2.05) is 0 Å². The minimum atomic E-state index is -0.0862. The molecule has 0 unspecified atom stereocenters. The smallest absolute Gasteiger partial charge is 0.305 e. The van der Waals surface area contributed by atoms with Crippen molar-refractivity contribution >= 4 is 5.97 Å². The third-order valence-corrected chi connectivity index (χ3v) is 1.75. The number of rotatable bonds is 6. The summed E-state index contributed by atoms with van der Waals surface area (Å²) in [5, 5.41) is 0. The van der Waals surface area contributed by atoms with Gasteiger partial charge in [-0.05, 0) is 24.8 Å². The lowest BCUT2D eigenvalue weighted by Crippen LogP contribution is -2.18. The summed E-state index contributed by atoms with van der Waals surface area (Å²) < 4.78 is 5.12. The van der Waals surface area contributed by atoms with Gasteiger partial charge in [-0.15, -0.1) is 0 Å². The van der Waals surface area contributed by atoms with E-state index in [-0.39, 0.29) is 11.4 Å². The van der Waals surface area contributed by atoms with Gasteiger partial charge in [0.1, 0.15) is 0 Å². The zero-order chi connectivity index (χ0) is 11.0. The van der Waals surface area contributed by atoms with E-state index in [1.54, 1.807) is 0 Å². The Kier molecular flexibility index (Phi) is 6.54. The Labute approximate surface area is 87.0 Å². The fourth-order valence-corrected chi connectivity index (χ4v) is 0.960. The van der Waals surface area contributed by atoms with Gasteiger partial charge in [-0.25, -0.2) is 0 Å². The minimum Gasteiger partial charge on any atom is -0.465 e. The van der Waals surface area contributed by atoms with Crippen molar-refractivity contribution in [1.82, 2.24) is 0 Å². The summed E-state index contributed by atoms with van der Waals surface area (Å²) >= 11 is 0. The van der Waals surface area contributed by atoms with Crippen LogP contribution in [0, 0.1) is 5.41 Å². The van der Waals surface area contributed by atoms with Gasteiger partial charge >= 0.3 is 5.97 Å². The van der Waals surface area contributed by atoms with Crippen LogP contribution in [0.25, 0.3) is 0 Å². The molecule has 0 aromatic rings. The van der Waals surface area contributed by atoms with Crippen LogP contribution < -0.4 is 5.73 Å². The van der Waals surface area contributed by atoms with E-state index in [4.69, 9.17) is 10.5 Å². The highest BCUT2D eigenvalue weighted by atomic mass is 16.5. The predicted molar refractivity (Wildman–Crippen MR) is 57.9 cm³/mol. The van der Waals surface area contributed by atoms with Crippen LogP contribution in [-0.2, 0) is 9.53 Å². The maximum absolute atomic E-state index is 11.2. The monoisotopic (exact) mass is 201 g/mol. The molecule has 84 valence electrons. The van der Waals surface area contributed by atoms with E-state index in [9.17, 15) is 4.79 Å². The maximum atomic E-state index is 11.2. The van der Waals surface area contributed by atoms with Crippen molar-refractivity contribution in [2.24, 2.45) is 11.1 Å². The highest BCUT2D eigenvalue weighted by Crippen LogP contribution is 2.13. The molecule has 0 spiro atoms. The second-order valence-corrected chi connectivity index (χ2v) is 4.82. The molecule has 0 radical (unpaired) electrons. The molecule has 0 aliphatic heterocycles. The highest BCUT2D eigenvalue weighted by molar-refractivity contribution is 5.69. The number of ether oxygens (including phenoxy) is 1. The van der Waals surface area contributed by atoms with Gasteiger partial charge in [0.25, 0.3) is 0 Å². The first-order chi connectivity index (χ1) is 6.45. The van der Waals surface area contributed by atoms with Crippen molar-refractivity contribution in [3.05, 3.63) is 0 Å². The Morgan fingerprint density at radius 3 is 2.36 bits per heavy atom. The van der Waals surface area contributed by atoms with Gasteiger partial charge in [-0.2, -0.15) is 0 Å². The molecule has 0 aromatic carbocycles. The van der Waals surface area contributed by atoms with E-state index in [1.165, 1.54) is 0 Å². The molecule has 14 heavy (non-hydrogen) atoms. The summed E-state index contributed by atoms with van der Waals surface area (Å²) in [6.45, 7) is 7.36. The Bertz CT molecular complexity index is 161. The van der Waals surface area contributed by atoms with Crippen LogP contribution in [-0.4, -0.2) is 19.1 Å². The van der Waals surface area contributed by atoms with E-state index < -0.39 is 0 Å². The molecular weight excluding hydrogens is 178 g/mol. The minimum absolute atomic E-state index is 0.0624. The van der Waals surface area contributed by atoms with Gasteiger partial charge in [-0.1, -0.05) is 27.2 Å². The second kappa shape index (κ2) is 6.82. The van der Waals surface area contributed by atoms with Crippen LogP contribution in [0.4, 0.5) is 0 Å². The third kappa shape index (κ3) is 9.52. The summed E-state index contributed by atoms with van der Waals surface area (Å²) in [6, 6.07) is 0. The highest BCUT2D eigenvalue weighted by Gasteiger charge is 2.13. The van der Waals surface area contributed by atoms with Gasteiger partial charge in [0, 0.05) is 6.42 Å². The normalized spacial score (nSPS) is 11.4. The number of hydrogen-bond donors (Lipinski definition) is 1. The van der Waals surface area contributed by atoms with Crippen molar-refractivity contribution in [3.63, 3.8) is 0 Å². The van der Waals surface area contributed by atoms with Crippen molar-refractivity contribution in [2.45, 2.75) is 46.5 Å². The first kappa shape index (κ1) is 13.4. The largest absolute Gasteiger partial charge is 0.465 e. The molecule has 0 aliphatic rings. The molecule has 0 fully saturated rings. The summed E-state index contributed by atoms with van der Waals surface area (Å²) in [5.74, 6) is -0.0862. The average molecular weight is 201 g/mol. The fourth-order valence-electron chi connectivity index (χ4n) is 0.960. The van der Waals surface area contributed by atoms with Gasteiger partial charge in [0.05, 0.1) is 6.61 Å². The Balaban J connectivity index is 3.38. The van der Waals surface area contributed by atoms with E-state index in [0.717, 1.165) is 19.3 Å². The first-order valence-electron chi connectivity index (χ1n) is 5.31. The lowest BCUT2D eigenvalue weighted by molar-refractivity contribution is -0.146. The van der Waals surface area contributed by atoms with Crippen LogP contribution in [0.1, 0.15) is 46.5 Å². The Morgan fingerprint density at radius 1 is 1.21 bits per heavy atom. The number of nitrogens with two attached hydrogens (primary N) is 1. The van der Waals surface area contributed by atoms with Crippen molar-refractivity contribution in [3.8, 4) is 0 Å². The van der Waals surface area contributed by atoms with Crippen LogP contribution >= 0.6 is 0 Å². The van der Waals surface area contributed by atoms with Crippen LogP contribution in [0.3, 0.4) is 0 Å². The zero-order valence-corrected chi connectivity index (χ0v) is 9.64. The van der Waals surface area contributed by atoms with E-state index in [2.05, 4.69) is 20.8 Å². The molecule has 0 saturated heterocycles. The standard InChI is InChI=1S/C11H23NO2/c1-11(2,3)9-14-10(13)7-5-4-6-8-12/h4-9,12H2,1-3H3. The topological polar surface area (TPSA) is 52.3 Å². The molecule has 2 N–H and O–H groups in total. The summed E-state index contributed by atoms with van der Waals surface area (Å²) in [7, 11) is 0. The molecule has 0 aliphatic carbocycles. The number of hydrogen-bond acceptors (Lipinski definition) is 3. The third-order valence-electron chi connectivity index (χ3n) is 1.75. The molecule has 3 nitrogen and oxygen atoms in total. The molecule has 0 saturated carbocycles. The molecular formula is C11H23NO2. The average Bonchev–Trinajstić information content (AvgIpc) is 2.08. The molecule has 0 rings (SSSR count). The number of esters is 1. The summed E-state index contributed by atoms with van der Waals surface area (Å²) in [4.78, 5) is 11.2. The second-order valence-electron chi connectivity index (χ2n) is 4.82. The number of carbonyl (C=O) groups is 1. The molecule has 0 aromatic heterocycles. The lowest BCUT2D eigenvalue weighted by atomic mass is 9.99. The van der Waals surface area contributed by atoms with Gasteiger partial charge in [0.15, 0.2) is 0 Å². The maximum Gasteiger partial charge on any atom is 0.305 e. The van der Waals surface area contributed by atoms with Crippen LogP contribution in [0.2, 0.25) is 0 Å². The van der Waals surface area contributed by atoms with Gasteiger partial charge in [0.2, 0.25) is 0 Å². The Morgan fingerprint density at radius 2 is 1.86 bits per heavy atom. The van der Waals surface area contributed by atoms with E-state index in [0.29, 0.717) is 19.6 Å².